The minimum atomic E-state index is -0.176. The smallest absolute Gasteiger partial charge is 0.174 e. The van der Waals surface area contributed by atoms with Gasteiger partial charge in [-0.05, 0) is 24.0 Å². The second kappa shape index (κ2) is 6.37. The summed E-state index contributed by atoms with van der Waals surface area (Å²) in [4.78, 5) is 5.03. The maximum atomic E-state index is 8.73. The number of hydrogen-bond acceptors (Lipinski definition) is 5. The van der Waals surface area contributed by atoms with Gasteiger partial charge in [-0.3, -0.25) is 0 Å². The lowest BCUT2D eigenvalue weighted by Crippen LogP contribution is -1.97. The van der Waals surface area contributed by atoms with Crippen LogP contribution in [0.4, 0.5) is 0 Å². The molecule has 0 fully saturated rings. The largest absolute Gasteiger partial charge is 0.388 e. The number of allylic oxidation sites excluding steroid dienone is 2. The Bertz CT molecular complexity index is 529. The molecule has 0 amide bonds. The highest BCUT2D eigenvalue weighted by molar-refractivity contribution is 7.98. The fraction of sp³-hybridized carbons (Fsp3) is 0.0833. The summed E-state index contributed by atoms with van der Waals surface area (Å²) in [6.07, 6.45) is 3.50. The van der Waals surface area contributed by atoms with Crippen molar-refractivity contribution in [3.63, 3.8) is 0 Å². The minimum Gasteiger partial charge on any atom is -0.388 e. The molecule has 0 atom stereocenters. The van der Waals surface area contributed by atoms with Crippen LogP contribution in [0.1, 0.15) is 5.56 Å². The molecule has 1 aromatic carbocycles. The van der Waals surface area contributed by atoms with Crippen LogP contribution >= 0.6 is 11.8 Å². The van der Waals surface area contributed by atoms with Crippen molar-refractivity contribution < 1.29 is 0 Å². The third-order valence-electron chi connectivity index (χ3n) is 1.94. The van der Waals surface area contributed by atoms with Gasteiger partial charge in [0.2, 0.25) is 0 Å². The van der Waals surface area contributed by atoms with Crippen LogP contribution < -0.4 is 5.73 Å². The number of nitriles is 2. The summed E-state index contributed by atoms with van der Waals surface area (Å²) in [5, 5.41) is 17.3. The fourth-order valence-corrected chi connectivity index (χ4v) is 1.45. The van der Waals surface area contributed by atoms with Gasteiger partial charge in [0, 0.05) is 11.1 Å². The molecule has 0 unspecified atom stereocenters. The van der Waals surface area contributed by atoms with E-state index in [4.69, 9.17) is 16.3 Å². The van der Waals surface area contributed by atoms with Gasteiger partial charge in [-0.15, -0.1) is 11.8 Å². The zero-order chi connectivity index (χ0) is 12.7. The van der Waals surface area contributed by atoms with Crippen molar-refractivity contribution in [3.05, 3.63) is 41.2 Å². The van der Waals surface area contributed by atoms with Crippen LogP contribution in [-0.2, 0) is 0 Å². The standard InChI is InChI=1S/C12H10N4S/c1-17-10-4-2-9(3-5-10)8-16-12(7-14)11(15)6-13/h2-5,8H,15H2,1H3. The highest BCUT2D eigenvalue weighted by Crippen LogP contribution is 2.14. The Labute approximate surface area is 104 Å². The van der Waals surface area contributed by atoms with Crippen molar-refractivity contribution in [2.75, 3.05) is 6.26 Å². The van der Waals surface area contributed by atoms with E-state index in [0.29, 0.717) is 0 Å². The van der Waals surface area contributed by atoms with Crippen molar-refractivity contribution in [1.82, 2.24) is 0 Å². The first-order chi connectivity index (χ1) is 8.21. The number of benzene rings is 1. The number of rotatable bonds is 3. The summed E-state index contributed by atoms with van der Waals surface area (Å²) in [5.41, 5.74) is 5.92. The molecule has 2 N–H and O–H groups in total. The van der Waals surface area contributed by atoms with Crippen molar-refractivity contribution >= 4 is 18.0 Å². The lowest BCUT2D eigenvalue weighted by Gasteiger charge is -1.96. The third-order valence-corrected chi connectivity index (χ3v) is 2.68. The monoisotopic (exact) mass is 242 g/mol. The highest BCUT2D eigenvalue weighted by atomic mass is 32.2. The van der Waals surface area contributed by atoms with Gasteiger partial charge < -0.3 is 5.73 Å². The summed E-state index contributed by atoms with van der Waals surface area (Å²) < 4.78 is 0. The highest BCUT2D eigenvalue weighted by Gasteiger charge is 1.98. The van der Waals surface area contributed by atoms with Gasteiger partial charge in [-0.25, -0.2) is 4.99 Å². The molecule has 4 nitrogen and oxygen atoms in total. The van der Waals surface area contributed by atoms with Gasteiger partial charge in [-0.2, -0.15) is 10.5 Å². The molecule has 1 rings (SSSR count). The zero-order valence-corrected chi connectivity index (χ0v) is 10.0. The van der Waals surface area contributed by atoms with Crippen molar-refractivity contribution in [3.8, 4) is 12.1 Å². The Balaban J connectivity index is 2.91. The first-order valence-corrected chi connectivity index (χ1v) is 5.91. The predicted molar refractivity (Wildman–Crippen MR) is 68.3 cm³/mol. The van der Waals surface area contributed by atoms with Crippen molar-refractivity contribution in [2.45, 2.75) is 4.90 Å². The van der Waals surface area contributed by atoms with E-state index in [2.05, 4.69) is 4.99 Å². The van der Waals surface area contributed by atoms with Crippen LogP contribution in [0, 0.1) is 22.7 Å². The van der Waals surface area contributed by atoms with E-state index >= 15 is 0 Å². The maximum Gasteiger partial charge on any atom is 0.174 e. The first-order valence-electron chi connectivity index (χ1n) is 4.69. The number of nitrogens with two attached hydrogens (primary N) is 1. The second-order valence-electron chi connectivity index (χ2n) is 3.02. The molecule has 17 heavy (non-hydrogen) atoms. The van der Waals surface area contributed by atoms with Crippen LogP contribution in [0.5, 0.6) is 0 Å². The van der Waals surface area contributed by atoms with Gasteiger partial charge in [0.05, 0.1) is 0 Å². The van der Waals surface area contributed by atoms with E-state index in [1.807, 2.05) is 30.5 Å². The van der Waals surface area contributed by atoms with Gasteiger partial charge >= 0.3 is 0 Å². The Hall–Kier alpha value is -2.24. The average molecular weight is 242 g/mol. The number of aliphatic imine (C=N–C) groups is 1. The van der Waals surface area contributed by atoms with E-state index < -0.39 is 0 Å². The topological polar surface area (TPSA) is 86.0 Å². The molecule has 5 heteroatoms. The summed E-state index contributed by atoms with van der Waals surface area (Å²) >= 11 is 1.65. The molecule has 0 bridgehead atoms. The van der Waals surface area contributed by atoms with Crippen LogP contribution in [-0.4, -0.2) is 12.5 Å². The molecule has 0 aliphatic heterocycles. The second-order valence-corrected chi connectivity index (χ2v) is 3.90. The van der Waals surface area contributed by atoms with Crippen molar-refractivity contribution in [1.29, 1.82) is 10.5 Å². The lowest BCUT2D eigenvalue weighted by molar-refractivity contribution is 1.27. The molecule has 0 aliphatic rings. The molecule has 84 valence electrons. The molecule has 0 aliphatic carbocycles. The Morgan fingerprint density at radius 2 is 1.94 bits per heavy atom. The molecule has 0 spiro atoms. The van der Waals surface area contributed by atoms with E-state index in [9.17, 15) is 0 Å². The quantitative estimate of drug-likeness (QED) is 0.499. The molecule has 0 aromatic heterocycles. The Morgan fingerprint density at radius 3 is 2.41 bits per heavy atom. The zero-order valence-electron chi connectivity index (χ0n) is 9.21. The molecular weight excluding hydrogens is 232 g/mol. The molecule has 0 saturated heterocycles. The third kappa shape index (κ3) is 3.67. The number of hydrogen-bond donors (Lipinski definition) is 1. The predicted octanol–water partition coefficient (Wildman–Crippen LogP) is 2.04. The molecule has 0 radical (unpaired) electrons. The SMILES string of the molecule is CSc1ccc(C=NC(C#N)=C(N)C#N)cc1. The molecule has 1 aromatic rings. The summed E-state index contributed by atoms with van der Waals surface area (Å²) in [6, 6.07) is 11.1. The van der Waals surface area contributed by atoms with Crippen LogP contribution in [0.15, 0.2) is 45.5 Å². The fourth-order valence-electron chi connectivity index (χ4n) is 1.04. The number of nitrogens with zero attached hydrogens (tertiary/aromatic N) is 3. The molecule has 0 heterocycles. The Morgan fingerprint density at radius 1 is 1.29 bits per heavy atom. The summed E-state index contributed by atoms with van der Waals surface area (Å²) in [5.74, 6) is 0. The van der Waals surface area contributed by atoms with E-state index in [1.165, 1.54) is 6.21 Å². The minimum absolute atomic E-state index is 0.0681. The van der Waals surface area contributed by atoms with Gasteiger partial charge in [-0.1, -0.05) is 12.1 Å². The average Bonchev–Trinajstić information content (AvgIpc) is 2.39. The van der Waals surface area contributed by atoms with Crippen molar-refractivity contribution in [2.24, 2.45) is 10.7 Å². The lowest BCUT2D eigenvalue weighted by atomic mass is 10.2. The van der Waals surface area contributed by atoms with E-state index in [0.717, 1.165) is 10.5 Å². The van der Waals surface area contributed by atoms with Gasteiger partial charge in [0.1, 0.15) is 17.8 Å². The van der Waals surface area contributed by atoms with E-state index in [1.54, 1.807) is 23.9 Å². The van der Waals surface area contributed by atoms with Crippen LogP contribution in [0.25, 0.3) is 0 Å². The summed E-state index contributed by atoms with van der Waals surface area (Å²) in [6.45, 7) is 0. The normalized spacial score (nSPS) is 11.7. The van der Waals surface area contributed by atoms with Gasteiger partial charge in [0.15, 0.2) is 5.70 Å². The molecule has 0 saturated carbocycles. The Kier molecular flexibility index (Phi) is 4.80. The van der Waals surface area contributed by atoms with Gasteiger partial charge in [0.25, 0.3) is 0 Å². The van der Waals surface area contributed by atoms with E-state index in [-0.39, 0.29) is 11.4 Å². The molecular formula is C12H10N4S. The summed E-state index contributed by atoms with van der Waals surface area (Å²) in [7, 11) is 0. The van der Waals surface area contributed by atoms with Crippen LogP contribution in [0.3, 0.4) is 0 Å². The first kappa shape index (κ1) is 12.8. The maximum absolute atomic E-state index is 8.73. The van der Waals surface area contributed by atoms with Crippen LogP contribution in [0.2, 0.25) is 0 Å². The number of thioether (sulfide) groups is 1.